The fourth-order valence-corrected chi connectivity index (χ4v) is 5.86. The van der Waals surface area contributed by atoms with Crippen molar-refractivity contribution in [3.63, 3.8) is 0 Å². The molecule has 0 aliphatic heterocycles. The number of aliphatic hydroxyl groups excluding tert-OH is 1. The van der Waals surface area contributed by atoms with E-state index in [0.717, 1.165) is 11.1 Å². The Bertz CT molecular complexity index is 900. The van der Waals surface area contributed by atoms with Gasteiger partial charge in [0.25, 0.3) is 0 Å². The second-order valence-corrected chi connectivity index (χ2v) is 8.74. The second-order valence-electron chi connectivity index (χ2n) is 6.67. The van der Waals surface area contributed by atoms with Crippen LogP contribution >= 0.6 is 0 Å². The van der Waals surface area contributed by atoms with Crippen LogP contribution in [0.5, 0.6) is 0 Å². The summed E-state index contributed by atoms with van der Waals surface area (Å²) in [5.74, 6) is -2.07. The molecule has 6 heteroatoms. The molecule has 3 atom stereocenters. The minimum Gasteiger partial charge on any atom is -0.481 e. The third-order valence-electron chi connectivity index (χ3n) is 5.04. The van der Waals surface area contributed by atoms with Crippen LogP contribution < -0.4 is 0 Å². The average Bonchev–Trinajstić information content (AvgIpc) is 3.27. The number of hydrogen-bond donors (Lipinski definition) is 2. The van der Waals surface area contributed by atoms with E-state index in [1.807, 2.05) is 26.0 Å². The van der Waals surface area contributed by atoms with Gasteiger partial charge in [-0.2, -0.15) is 0 Å². The Balaban J connectivity index is 2.10. The highest BCUT2D eigenvalue weighted by molar-refractivity contribution is 7.92. The van der Waals surface area contributed by atoms with E-state index < -0.39 is 39.0 Å². The average molecular weight is 360 g/mol. The van der Waals surface area contributed by atoms with E-state index >= 15 is 0 Å². The summed E-state index contributed by atoms with van der Waals surface area (Å²) in [6, 6.07) is 13.4. The third kappa shape index (κ3) is 2.65. The van der Waals surface area contributed by atoms with Crippen LogP contribution in [0, 0.1) is 19.3 Å². The lowest BCUT2D eigenvalue weighted by atomic mass is 9.99. The van der Waals surface area contributed by atoms with Gasteiger partial charge >= 0.3 is 5.97 Å². The SMILES string of the molecule is Cc1ccc([C@@H]2[C@H](S(=O)(=O)c3ccc(C)cc3)[C@]2(CO)C(=O)O)cc1. The summed E-state index contributed by atoms with van der Waals surface area (Å²) in [6.07, 6.45) is 0. The summed E-state index contributed by atoms with van der Waals surface area (Å²) in [6.45, 7) is 3.02. The van der Waals surface area contributed by atoms with Crippen LogP contribution in [0.15, 0.2) is 53.4 Å². The Hall–Kier alpha value is -2.18. The molecule has 132 valence electrons. The van der Waals surface area contributed by atoms with Crippen LogP contribution in [0.4, 0.5) is 0 Å². The monoisotopic (exact) mass is 360 g/mol. The Kier molecular flexibility index (Phi) is 4.21. The number of aliphatic hydroxyl groups is 1. The van der Waals surface area contributed by atoms with Crippen LogP contribution in [-0.4, -0.2) is 36.5 Å². The molecular formula is C19H20O5S. The number of benzene rings is 2. The number of sulfone groups is 1. The molecule has 1 fully saturated rings. The van der Waals surface area contributed by atoms with E-state index in [1.54, 1.807) is 24.3 Å². The molecule has 1 aliphatic carbocycles. The van der Waals surface area contributed by atoms with Crippen molar-refractivity contribution in [3.05, 3.63) is 65.2 Å². The van der Waals surface area contributed by atoms with Gasteiger partial charge in [0.1, 0.15) is 5.41 Å². The van der Waals surface area contributed by atoms with Gasteiger partial charge in [0.05, 0.1) is 16.8 Å². The molecule has 0 heterocycles. The van der Waals surface area contributed by atoms with Crippen molar-refractivity contribution in [3.8, 4) is 0 Å². The first-order valence-electron chi connectivity index (χ1n) is 7.96. The fourth-order valence-electron chi connectivity index (χ4n) is 3.49. The van der Waals surface area contributed by atoms with Gasteiger partial charge in [-0.15, -0.1) is 0 Å². The molecule has 1 aliphatic rings. The highest BCUT2D eigenvalue weighted by Gasteiger charge is 2.75. The predicted molar refractivity (Wildman–Crippen MR) is 93.2 cm³/mol. The van der Waals surface area contributed by atoms with Crippen molar-refractivity contribution >= 4 is 15.8 Å². The Morgan fingerprint density at radius 1 is 1.00 bits per heavy atom. The number of carboxylic acids is 1. The lowest BCUT2D eigenvalue weighted by Gasteiger charge is -2.09. The Morgan fingerprint density at radius 2 is 1.48 bits per heavy atom. The van der Waals surface area contributed by atoms with Gasteiger partial charge in [-0.05, 0) is 31.5 Å². The van der Waals surface area contributed by atoms with Crippen LogP contribution in [-0.2, 0) is 14.6 Å². The maximum atomic E-state index is 13.1. The zero-order chi connectivity index (χ0) is 18.4. The number of aryl methyl sites for hydroxylation is 2. The van der Waals surface area contributed by atoms with Crippen molar-refractivity contribution < 1.29 is 23.4 Å². The predicted octanol–water partition coefficient (Wildman–Crippen LogP) is 2.31. The number of carboxylic acid groups (broad SMARTS) is 1. The first-order chi connectivity index (χ1) is 11.7. The standard InChI is InChI=1S/C19H20O5S/c1-12-3-7-14(8-4-12)16-17(19(16,11-20)18(21)22)25(23,24)15-9-5-13(2)6-10-15/h3-10,16-17,20H,11H2,1-2H3,(H,21,22)/t16-,17+,19-/m1/s1. The molecule has 0 unspecified atom stereocenters. The van der Waals surface area contributed by atoms with Crippen molar-refractivity contribution in [2.45, 2.75) is 29.9 Å². The molecule has 0 amide bonds. The first-order valence-corrected chi connectivity index (χ1v) is 9.51. The molecule has 2 aromatic rings. The zero-order valence-corrected chi connectivity index (χ0v) is 14.8. The van der Waals surface area contributed by atoms with Crippen LogP contribution in [0.3, 0.4) is 0 Å². The number of aliphatic carboxylic acids is 1. The van der Waals surface area contributed by atoms with E-state index in [1.165, 1.54) is 12.1 Å². The highest BCUT2D eigenvalue weighted by Crippen LogP contribution is 2.64. The molecule has 3 rings (SSSR count). The van der Waals surface area contributed by atoms with E-state index in [-0.39, 0.29) is 4.90 Å². The maximum absolute atomic E-state index is 13.1. The molecule has 1 saturated carbocycles. The van der Waals surface area contributed by atoms with Crippen LogP contribution in [0.2, 0.25) is 0 Å². The largest absolute Gasteiger partial charge is 0.481 e. The summed E-state index contributed by atoms with van der Waals surface area (Å²) in [7, 11) is -3.90. The Labute approximate surface area is 146 Å². The van der Waals surface area contributed by atoms with Gasteiger partial charge in [-0.25, -0.2) is 8.42 Å². The maximum Gasteiger partial charge on any atom is 0.314 e. The van der Waals surface area contributed by atoms with Crippen LogP contribution in [0.1, 0.15) is 22.6 Å². The molecule has 2 aromatic carbocycles. The van der Waals surface area contributed by atoms with Gasteiger partial charge in [0.15, 0.2) is 9.84 Å². The lowest BCUT2D eigenvalue weighted by Crippen LogP contribution is -2.27. The minimum atomic E-state index is -3.90. The Morgan fingerprint density at radius 3 is 1.92 bits per heavy atom. The topological polar surface area (TPSA) is 91.7 Å². The van der Waals surface area contributed by atoms with Gasteiger partial charge in [-0.3, -0.25) is 4.79 Å². The van der Waals surface area contributed by atoms with Gasteiger partial charge in [-0.1, -0.05) is 47.5 Å². The van der Waals surface area contributed by atoms with E-state index in [4.69, 9.17) is 0 Å². The van der Waals surface area contributed by atoms with Crippen molar-refractivity contribution in [2.75, 3.05) is 6.61 Å². The molecular weight excluding hydrogens is 340 g/mol. The van der Waals surface area contributed by atoms with E-state index in [9.17, 15) is 23.4 Å². The van der Waals surface area contributed by atoms with E-state index in [2.05, 4.69) is 0 Å². The van der Waals surface area contributed by atoms with E-state index in [0.29, 0.717) is 5.56 Å². The summed E-state index contributed by atoms with van der Waals surface area (Å²) in [5.41, 5.74) is 0.811. The number of carbonyl (C=O) groups is 1. The zero-order valence-electron chi connectivity index (χ0n) is 14.0. The first kappa shape index (κ1) is 17.6. The van der Waals surface area contributed by atoms with Gasteiger partial charge in [0, 0.05) is 5.92 Å². The smallest absolute Gasteiger partial charge is 0.314 e. The quantitative estimate of drug-likeness (QED) is 0.854. The molecule has 25 heavy (non-hydrogen) atoms. The normalized spacial score (nSPS) is 25.6. The highest BCUT2D eigenvalue weighted by atomic mass is 32.2. The van der Waals surface area contributed by atoms with Crippen molar-refractivity contribution in [1.82, 2.24) is 0 Å². The molecule has 0 saturated heterocycles. The number of rotatable bonds is 5. The van der Waals surface area contributed by atoms with Crippen molar-refractivity contribution in [1.29, 1.82) is 0 Å². The lowest BCUT2D eigenvalue weighted by molar-refractivity contribution is -0.145. The van der Waals surface area contributed by atoms with Gasteiger partial charge in [0.2, 0.25) is 0 Å². The third-order valence-corrected chi connectivity index (χ3v) is 7.33. The van der Waals surface area contributed by atoms with Crippen LogP contribution in [0.25, 0.3) is 0 Å². The van der Waals surface area contributed by atoms with Crippen molar-refractivity contribution in [2.24, 2.45) is 5.41 Å². The molecule has 0 radical (unpaired) electrons. The molecule has 0 bridgehead atoms. The summed E-state index contributed by atoms with van der Waals surface area (Å²) in [4.78, 5) is 12.0. The summed E-state index contributed by atoms with van der Waals surface area (Å²) >= 11 is 0. The molecule has 2 N–H and O–H groups in total. The molecule has 0 aromatic heterocycles. The summed E-state index contributed by atoms with van der Waals surface area (Å²) in [5, 5.41) is 18.3. The van der Waals surface area contributed by atoms with Gasteiger partial charge < -0.3 is 10.2 Å². The number of hydrogen-bond acceptors (Lipinski definition) is 4. The summed E-state index contributed by atoms with van der Waals surface area (Å²) < 4.78 is 26.1. The second kappa shape index (κ2) is 5.97. The molecule has 0 spiro atoms. The molecule has 5 nitrogen and oxygen atoms in total. The fraction of sp³-hybridized carbons (Fsp3) is 0.316. The minimum absolute atomic E-state index is 0.0804.